The van der Waals surface area contributed by atoms with Crippen molar-refractivity contribution >= 4 is 11.8 Å². The van der Waals surface area contributed by atoms with E-state index in [2.05, 4.69) is 0 Å². The molecule has 1 aliphatic rings. The average molecular weight is 149 g/mol. The van der Waals surface area contributed by atoms with E-state index >= 15 is 0 Å². The van der Waals surface area contributed by atoms with Crippen molar-refractivity contribution in [2.45, 2.75) is 12.1 Å². The molecule has 4 nitrogen and oxygen atoms in total. The number of aliphatic hydroxyl groups is 1. The van der Waals surface area contributed by atoms with Crippen LogP contribution in [0.15, 0.2) is 0 Å². The molecular formula is C4H7NO3S. The van der Waals surface area contributed by atoms with Crippen LogP contribution in [0.25, 0.3) is 0 Å². The highest BCUT2D eigenvalue weighted by atomic mass is 32.2. The van der Waals surface area contributed by atoms with Crippen LogP contribution >= 0.6 is 11.8 Å². The molecule has 0 amide bonds. The highest BCUT2D eigenvalue weighted by Crippen LogP contribution is 2.19. The molecule has 1 heterocycles. The molecule has 0 bridgehead atoms. The molecule has 5 heteroatoms. The lowest BCUT2D eigenvalue weighted by molar-refractivity contribution is -0.525. The van der Waals surface area contributed by atoms with Crippen molar-refractivity contribution in [2.24, 2.45) is 0 Å². The van der Waals surface area contributed by atoms with E-state index in [0.717, 1.165) is 0 Å². The van der Waals surface area contributed by atoms with Crippen molar-refractivity contribution in [3.8, 4) is 0 Å². The molecule has 0 saturated carbocycles. The Balaban J connectivity index is 2.49. The molecule has 0 aromatic carbocycles. The summed E-state index contributed by atoms with van der Waals surface area (Å²) in [6.07, 6.45) is -0.731. The molecule has 1 aliphatic heterocycles. The number of nitrogens with zero attached hydrogens (tertiary/aromatic N) is 1. The summed E-state index contributed by atoms with van der Waals surface area (Å²) < 4.78 is 0. The topological polar surface area (TPSA) is 63.4 Å². The Kier molecular flexibility index (Phi) is 1.92. The van der Waals surface area contributed by atoms with E-state index < -0.39 is 17.1 Å². The zero-order chi connectivity index (χ0) is 6.85. The summed E-state index contributed by atoms with van der Waals surface area (Å²) in [5.74, 6) is 0.958. The molecular weight excluding hydrogens is 142 g/mol. The van der Waals surface area contributed by atoms with Crippen LogP contribution < -0.4 is 0 Å². The van der Waals surface area contributed by atoms with E-state index in [0.29, 0.717) is 11.5 Å². The minimum atomic E-state index is -0.731. The fourth-order valence-electron chi connectivity index (χ4n) is 0.733. The van der Waals surface area contributed by atoms with Gasteiger partial charge in [0.2, 0.25) is 6.04 Å². The van der Waals surface area contributed by atoms with Crippen LogP contribution in [0.5, 0.6) is 0 Å². The van der Waals surface area contributed by atoms with Crippen LogP contribution in [0, 0.1) is 10.1 Å². The van der Waals surface area contributed by atoms with Crippen LogP contribution in [0.2, 0.25) is 0 Å². The molecule has 0 aliphatic carbocycles. The standard InChI is InChI=1S/C4H7NO3S/c6-4-2-9-1-3(4)5(7)8/h3-4,6H,1-2H2. The molecule has 9 heavy (non-hydrogen) atoms. The Labute approximate surface area is 56.4 Å². The second-order valence-corrected chi connectivity index (χ2v) is 3.03. The molecule has 1 rings (SSSR count). The van der Waals surface area contributed by atoms with Crippen LogP contribution in [-0.4, -0.2) is 33.7 Å². The van der Waals surface area contributed by atoms with Crippen LogP contribution in [0.1, 0.15) is 0 Å². The van der Waals surface area contributed by atoms with E-state index in [4.69, 9.17) is 5.11 Å². The van der Waals surface area contributed by atoms with Crippen molar-refractivity contribution in [1.29, 1.82) is 0 Å². The molecule has 2 unspecified atom stereocenters. The first-order chi connectivity index (χ1) is 4.22. The van der Waals surface area contributed by atoms with E-state index in [1.165, 1.54) is 11.8 Å². The van der Waals surface area contributed by atoms with Crippen molar-refractivity contribution in [3.05, 3.63) is 10.1 Å². The number of hydrogen-bond donors (Lipinski definition) is 1. The van der Waals surface area contributed by atoms with Crippen LogP contribution in [-0.2, 0) is 0 Å². The normalized spacial score (nSPS) is 34.8. The zero-order valence-electron chi connectivity index (χ0n) is 4.69. The molecule has 1 N–H and O–H groups in total. The number of aliphatic hydroxyl groups excluding tert-OH is 1. The highest BCUT2D eigenvalue weighted by molar-refractivity contribution is 7.99. The summed E-state index contributed by atoms with van der Waals surface area (Å²) in [7, 11) is 0. The minimum Gasteiger partial charge on any atom is -0.385 e. The number of rotatable bonds is 1. The van der Waals surface area contributed by atoms with Crippen molar-refractivity contribution in [1.82, 2.24) is 0 Å². The Bertz CT molecular complexity index is 129. The summed E-state index contributed by atoms with van der Waals surface area (Å²) in [6.45, 7) is 0. The lowest BCUT2D eigenvalue weighted by Crippen LogP contribution is -2.31. The average Bonchev–Trinajstić information content (AvgIpc) is 2.13. The maximum Gasteiger partial charge on any atom is 0.248 e. The van der Waals surface area contributed by atoms with Crippen molar-refractivity contribution < 1.29 is 10.0 Å². The third kappa shape index (κ3) is 1.34. The van der Waals surface area contributed by atoms with Gasteiger partial charge in [0.05, 0.1) is 5.75 Å². The third-order valence-corrected chi connectivity index (χ3v) is 2.45. The summed E-state index contributed by atoms with van der Waals surface area (Å²) in [6, 6.07) is -0.727. The lowest BCUT2D eigenvalue weighted by atomic mass is 10.2. The van der Waals surface area contributed by atoms with Gasteiger partial charge in [0.25, 0.3) is 0 Å². The number of thioether (sulfide) groups is 1. The third-order valence-electron chi connectivity index (χ3n) is 1.29. The predicted molar refractivity (Wildman–Crippen MR) is 34.1 cm³/mol. The largest absolute Gasteiger partial charge is 0.385 e. The van der Waals surface area contributed by atoms with Gasteiger partial charge in [-0.15, -0.1) is 0 Å². The second-order valence-electron chi connectivity index (χ2n) is 1.96. The lowest BCUT2D eigenvalue weighted by Gasteiger charge is -2.02. The van der Waals surface area contributed by atoms with Gasteiger partial charge in [0.1, 0.15) is 6.10 Å². The molecule has 52 valence electrons. The number of nitro groups is 1. The first kappa shape index (κ1) is 6.82. The fraction of sp³-hybridized carbons (Fsp3) is 1.00. The van der Waals surface area contributed by atoms with E-state index in [1.807, 2.05) is 0 Å². The summed E-state index contributed by atoms with van der Waals surface area (Å²) in [5.41, 5.74) is 0. The van der Waals surface area contributed by atoms with Crippen LogP contribution in [0.4, 0.5) is 0 Å². The van der Waals surface area contributed by atoms with Gasteiger partial charge in [-0.3, -0.25) is 10.1 Å². The molecule has 1 saturated heterocycles. The van der Waals surface area contributed by atoms with Crippen LogP contribution in [0.3, 0.4) is 0 Å². The first-order valence-corrected chi connectivity index (χ1v) is 3.76. The first-order valence-electron chi connectivity index (χ1n) is 2.61. The molecule has 0 aromatic heterocycles. The van der Waals surface area contributed by atoms with Gasteiger partial charge in [-0.25, -0.2) is 0 Å². The Morgan fingerprint density at radius 3 is 2.56 bits per heavy atom. The highest BCUT2D eigenvalue weighted by Gasteiger charge is 2.35. The summed E-state index contributed by atoms with van der Waals surface area (Å²) in [4.78, 5) is 9.63. The maximum absolute atomic E-state index is 10.0. The quantitative estimate of drug-likeness (QED) is 0.412. The van der Waals surface area contributed by atoms with Gasteiger partial charge in [-0.2, -0.15) is 11.8 Å². The minimum absolute atomic E-state index is 0.412. The van der Waals surface area contributed by atoms with Crippen molar-refractivity contribution in [3.63, 3.8) is 0 Å². The van der Waals surface area contributed by atoms with E-state index in [-0.39, 0.29) is 0 Å². The Hall–Kier alpha value is -0.290. The van der Waals surface area contributed by atoms with Gasteiger partial charge in [0, 0.05) is 10.7 Å². The summed E-state index contributed by atoms with van der Waals surface area (Å²) in [5, 5.41) is 18.9. The second kappa shape index (κ2) is 2.53. The monoisotopic (exact) mass is 149 g/mol. The Morgan fingerprint density at radius 1 is 1.67 bits per heavy atom. The molecule has 1 fully saturated rings. The SMILES string of the molecule is O=[N+]([O-])C1CSCC1O. The van der Waals surface area contributed by atoms with Gasteiger partial charge in [-0.1, -0.05) is 0 Å². The van der Waals surface area contributed by atoms with Gasteiger partial charge < -0.3 is 5.11 Å². The van der Waals surface area contributed by atoms with Gasteiger partial charge in [-0.05, 0) is 0 Å². The van der Waals surface area contributed by atoms with E-state index in [9.17, 15) is 10.1 Å². The van der Waals surface area contributed by atoms with E-state index in [1.54, 1.807) is 0 Å². The zero-order valence-corrected chi connectivity index (χ0v) is 5.50. The smallest absolute Gasteiger partial charge is 0.248 e. The van der Waals surface area contributed by atoms with Gasteiger partial charge in [0.15, 0.2) is 0 Å². The fourth-order valence-corrected chi connectivity index (χ4v) is 1.92. The summed E-state index contributed by atoms with van der Waals surface area (Å²) >= 11 is 1.43. The molecule has 0 aromatic rings. The predicted octanol–water partition coefficient (Wildman–Crippen LogP) is -0.261. The molecule has 0 spiro atoms. The number of hydrogen-bond acceptors (Lipinski definition) is 4. The van der Waals surface area contributed by atoms with Crippen molar-refractivity contribution in [2.75, 3.05) is 11.5 Å². The molecule has 2 atom stereocenters. The Morgan fingerprint density at radius 2 is 2.33 bits per heavy atom. The van der Waals surface area contributed by atoms with Gasteiger partial charge >= 0.3 is 0 Å². The molecule has 0 radical (unpaired) electrons. The maximum atomic E-state index is 10.0.